The van der Waals surface area contributed by atoms with Gasteiger partial charge in [0.2, 0.25) is 5.95 Å². The molecule has 0 saturated heterocycles. The van der Waals surface area contributed by atoms with Crippen molar-refractivity contribution >= 4 is 11.9 Å². The van der Waals surface area contributed by atoms with Crippen LogP contribution >= 0.6 is 0 Å². The number of hydrogen-bond acceptors (Lipinski definition) is 2. The summed E-state index contributed by atoms with van der Waals surface area (Å²) >= 11 is 0. The van der Waals surface area contributed by atoms with E-state index in [9.17, 15) is 22.4 Å². The molecular weight excluding hydrogens is 278 g/mol. The van der Waals surface area contributed by atoms with Crippen LogP contribution in [0.15, 0.2) is 24.4 Å². The first kappa shape index (κ1) is 14.0. The molecule has 2 aromatic rings. The molecule has 0 aliphatic heterocycles. The first-order valence-electron chi connectivity index (χ1n) is 5.46. The summed E-state index contributed by atoms with van der Waals surface area (Å²) < 4.78 is 50.1. The van der Waals surface area contributed by atoms with E-state index in [1.165, 1.54) is 12.1 Å². The molecule has 1 aromatic heterocycles. The predicted molar refractivity (Wildman–Crippen MR) is 62.7 cm³/mol. The normalized spacial score (nSPS) is 11.4. The zero-order chi connectivity index (χ0) is 14.9. The highest BCUT2D eigenvalue weighted by Crippen LogP contribution is 2.28. The summed E-state index contributed by atoms with van der Waals surface area (Å²) in [4.78, 5) is 17.1. The van der Waals surface area contributed by atoms with Crippen LogP contribution in [0.25, 0.3) is 0 Å². The summed E-state index contributed by atoms with van der Waals surface area (Å²) in [5.41, 5.74) is -0.568. The number of halogens is 4. The number of nitrogens with one attached hydrogen (secondary N) is 2. The average Bonchev–Trinajstić information content (AvgIpc) is 2.75. The average molecular weight is 287 g/mol. The van der Waals surface area contributed by atoms with Crippen molar-refractivity contribution in [2.45, 2.75) is 13.1 Å². The fourth-order valence-corrected chi connectivity index (χ4v) is 1.58. The fraction of sp³-hybridized carbons (Fsp3) is 0.167. The van der Waals surface area contributed by atoms with Crippen molar-refractivity contribution in [3.63, 3.8) is 0 Å². The number of aromatic nitrogens is 2. The third kappa shape index (κ3) is 3.14. The van der Waals surface area contributed by atoms with Gasteiger partial charge in [-0.25, -0.2) is 9.37 Å². The number of nitrogens with zero attached hydrogens (tertiary/aromatic N) is 1. The molecule has 20 heavy (non-hydrogen) atoms. The van der Waals surface area contributed by atoms with Crippen LogP contribution in [0.4, 0.5) is 23.5 Å². The molecule has 0 aliphatic carbocycles. The number of aryl methyl sites for hydroxylation is 1. The summed E-state index contributed by atoms with van der Waals surface area (Å²) in [6, 6.07) is 3.62. The van der Waals surface area contributed by atoms with E-state index in [4.69, 9.17) is 0 Å². The van der Waals surface area contributed by atoms with Crippen molar-refractivity contribution < 1.29 is 22.4 Å². The van der Waals surface area contributed by atoms with Gasteiger partial charge in [-0.05, 0) is 30.7 Å². The summed E-state index contributed by atoms with van der Waals surface area (Å²) in [7, 11) is 0. The molecule has 0 fully saturated rings. The van der Waals surface area contributed by atoms with E-state index >= 15 is 0 Å². The van der Waals surface area contributed by atoms with Crippen molar-refractivity contribution in [2.75, 3.05) is 5.32 Å². The number of alkyl halides is 3. The second-order valence-electron chi connectivity index (χ2n) is 4.11. The minimum absolute atomic E-state index is 0.00698. The monoisotopic (exact) mass is 287 g/mol. The van der Waals surface area contributed by atoms with Crippen LogP contribution in [0.2, 0.25) is 0 Å². The van der Waals surface area contributed by atoms with E-state index in [-0.39, 0.29) is 11.5 Å². The van der Waals surface area contributed by atoms with Gasteiger partial charge in [-0.15, -0.1) is 0 Å². The summed E-state index contributed by atoms with van der Waals surface area (Å²) in [5.74, 6) is -1.72. The molecule has 0 unspecified atom stereocenters. The lowest BCUT2D eigenvalue weighted by molar-refractivity contribution is -0.140. The smallest absolute Gasteiger partial charge is 0.320 e. The van der Waals surface area contributed by atoms with Gasteiger partial charge in [0.15, 0.2) is 0 Å². The number of aromatic amines is 1. The minimum atomic E-state index is -4.58. The van der Waals surface area contributed by atoms with E-state index in [1.807, 2.05) is 4.98 Å². The molecule has 106 valence electrons. The zero-order valence-electron chi connectivity index (χ0n) is 10.2. The van der Waals surface area contributed by atoms with Crippen LogP contribution in [0.5, 0.6) is 0 Å². The second-order valence-corrected chi connectivity index (χ2v) is 4.11. The summed E-state index contributed by atoms with van der Waals surface area (Å²) in [6.07, 6.45) is -4.02. The topological polar surface area (TPSA) is 57.8 Å². The second kappa shape index (κ2) is 4.95. The van der Waals surface area contributed by atoms with Crippen LogP contribution in [0.3, 0.4) is 0 Å². The minimum Gasteiger partial charge on any atom is -0.320 e. The third-order valence-corrected chi connectivity index (χ3v) is 2.42. The number of benzene rings is 1. The number of carbonyl (C=O) groups is 1. The first-order chi connectivity index (χ1) is 9.25. The van der Waals surface area contributed by atoms with Gasteiger partial charge >= 0.3 is 6.18 Å². The first-order valence-corrected chi connectivity index (χ1v) is 5.46. The van der Waals surface area contributed by atoms with E-state index < -0.39 is 23.6 Å². The lowest BCUT2D eigenvalue weighted by Gasteiger charge is -2.04. The molecule has 8 heteroatoms. The molecule has 0 bridgehead atoms. The van der Waals surface area contributed by atoms with Crippen LogP contribution < -0.4 is 5.32 Å². The van der Waals surface area contributed by atoms with Gasteiger partial charge in [0.05, 0.1) is 6.20 Å². The standard InChI is InChI=1S/C12H9F4N3O/c1-6-2-7(4-8(13)3-6)10(20)19-11-17-5-9(18-11)12(14,15)16/h2-5H,1H3,(H2,17,18,19,20). The van der Waals surface area contributed by atoms with Crippen molar-refractivity contribution in [3.05, 3.63) is 47.0 Å². The molecule has 0 saturated carbocycles. The van der Waals surface area contributed by atoms with Gasteiger partial charge in [-0.1, -0.05) is 0 Å². The van der Waals surface area contributed by atoms with Crippen LogP contribution in [0.1, 0.15) is 21.6 Å². The molecule has 1 heterocycles. The molecule has 0 atom stereocenters. The molecule has 2 rings (SSSR count). The Morgan fingerprint density at radius 1 is 1.30 bits per heavy atom. The largest absolute Gasteiger partial charge is 0.432 e. The number of carbonyl (C=O) groups excluding carboxylic acids is 1. The molecular formula is C12H9F4N3O. The quantitative estimate of drug-likeness (QED) is 0.834. The third-order valence-electron chi connectivity index (χ3n) is 2.42. The SMILES string of the molecule is Cc1cc(F)cc(C(=O)Nc2ncc(C(F)(F)F)[nH]2)c1. The molecule has 0 radical (unpaired) electrons. The molecule has 0 aliphatic rings. The Balaban J connectivity index is 2.17. The maximum atomic E-state index is 13.1. The Kier molecular flexibility index (Phi) is 3.47. The Bertz CT molecular complexity index is 628. The van der Waals surface area contributed by atoms with Gasteiger partial charge in [0, 0.05) is 5.56 Å². The van der Waals surface area contributed by atoms with E-state index in [0.29, 0.717) is 11.8 Å². The molecule has 2 N–H and O–H groups in total. The number of amides is 1. The van der Waals surface area contributed by atoms with Crippen molar-refractivity contribution in [1.29, 1.82) is 0 Å². The lowest BCUT2D eigenvalue weighted by Crippen LogP contribution is -2.14. The number of rotatable bonds is 2. The maximum absolute atomic E-state index is 13.1. The van der Waals surface area contributed by atoms with Gasteiger partial charge in [-0.3, -0.25) is 10.1 Å². The van der Waals surface area contributed by atoms with Crippen LogP contribution in [0, 0.1) is 12.7 Å². The molecule has 1 amide bonds. The van der Waals surface area contributed by atoms with Crippen molar-refractivity contribution in [3.8, 4) is 0 Å². The highest BCUT2D eigenvalue weighted by molar-refractivity contribution is 6.03. The van der Waals surface area contributed by atoms with Crippen molar-refractivity contribution in [1.82, 2.24) is 9.97 Å². The van der Waals surface area contributed by atoms with Gasteiger partial charge < -0.3 is 4.98 Å². The van der Waals surface area contributed by atoms with E-state index in [2.05, 4.69) is 10.3 Å². The highest BCUT2D eigenvalue weighted by Gasteiger charge is 2.33. The Morgan fingerprint density at radius 2 is 2.00 bits per heavy atom. The van der Waals surface area contributed by atoms with Gasteiger partial charge in [0.25, 0.3) is 5.91 Å². The molecule has 4 nitrogen and oxygen atoms in total. The van der Waals surface area contributed by atoms with Crippen LogP contribution in [-0.4, -0.2) is 15.9 Å². The van der Waals surface area contributed by atoms with Crippen LogP contribution in [-0.2, 0) is 6.18 Å². The number of hydrogen-bond donors (Lipinski definition) is 2. The Hall–Kier alpha value is -2.38. The van der Waals surface area contributed by atoms with Gasteiger partial charge in [0.1, 0.15) is 11.5 Å². The lowest BCUT2D eigenvalue weighted by atomic mass is 10.1. The fourth-order valence-electron chi connectivity index (χ4n) is 1.58. The molecule has 0 spiro atoms. The van der Waals surface area contributed by atoms with E-state index in [0.717, 1.165) is 6.07 Å². The number of anilines is 1. The number of H-pyrrole nitrogens is 1. The van der Waals surface area contributed by atoms with E-state index in [1.54, 1.807) is 6.92 Å². The van der Waals surface area contributed by atoms with Crippen molar-refractivity contribution in [2.24, 2.45) is 0 Å². The van der Waals surface area contributed by atoms with Gasteiger partial charge in [-0.2, -0.15) is 13.2 Å². The predicted octanol–water partition coefficient (Wildman–Crippen LogP) is 3.13. The molecule has 1 aromatic carbocycles. The maximum Gasteiger partial charge on any atom is 0.432 e. The summed E-state index contributed by atoms with van der Waals surface area (Å²) in [5, 5.41) is 2.13. The summed E-state index contributed by atoms with van der Waals surface area (Å²) in [6.45, 7) is 1.59. The Labute approximate surface area is 110 Å². The zero-order valence-corrected chi connectivity index (χ0v) is 10.2. The number of imidazole rings is 1. The highest BCUT2D eigenvalue weighted by atomic mass is 19.4. The Morgan fingerprint density at radius 3 is 2.55 bits per heavy atom.